The molecular formula is C15H14N6O. The minimum Gasteiger partial charge on any atom is -0.496 e. The number of pyridine rings is 2. The SMILES string of the molecule is COc1c(C)cnc(-c2nnc(-c3ccncc3)nn2)c1C. The molecule has 0 atom stereocenters. The highest BCUT2D eigenvalue weighted by Gasteiger charge is 2.15. The van der Waals surface area contributed by atoms with E-state index < -0.39 is 0 Å². The molecule has 0 spiro atoms. The van der Waals surface area contributed by atoms with Crippen molar-refractivity contribution in [3.05, 3.63) is 41.9 Å². The highest BCUT2D eigenvalue weighted by atomic mass is 16.5. The smallest absolute Gasteiger partial charge is 0.222 e. The van der Waals surface area contributed by atoms with Gasteiger partial charge in [-0.15, -0.1) is 20.4 Å². The normalized spacial score (nSPS) is 10.5. The lowest BCUT2D eigenvalue weighted by Crippen LogP contribution is -2.03. The predicted octanol–water partition coefficient (Wildman–Crippen LogP) is 2.02. The van der Waals surface area contributed by atoms with E-state index in [1.165, 1.54) is 0 Å². The van der Waals surface area contributed by atoms with E-state index in [2.05, 4.69) is 30.4 Å². The summed E-state index contributed by atoms with van der Waals surface area (Å²) in [7, 11) is 1.63. The molecule has 0 N–H and O–H groups in total. The first-order valence-electron chi connectivity index (χ1n) is 6.69. The fourth-order valence-corrected chi connectivity index (χ4v) is 2.20. The number of hydrogen-bond donors (Lipinski definition) is 0. The maximum absolute atomic E-state index is 5.39. The predicted molar refractivity (Wildman–Crippen MR) is 80.1 cm³/mol. The van der Waals surface area contributed by atoms with Crippen LogP contribution in [-0.2, 0) is 0 Å². The Hall–Kier alpha value is -2.96. The summed E-state index contributed by atoms with van der Waals surface area (Å²) in [6.07, 6.45) is 5.06. The topological polar surface area (TPSA) is 86.6 Å². The van der Waals surface area contributed by atoms with Gasteiger partial charge in [0.25, 0.3) is 0 Å². The first-order chi connectivity index (χ1) is 10.7. The van der Waals surface area contributed by atoms with Crippen molar-refractivity contribution in [3.63, 3.8) is 0 Å². The van der Waals surface area contributed by atoms with Crippen LogP contribution in [0.5, 0.6) is 5.75 Å². The lowest BCUT2D eigenvalue weighted by Gasteiger charge is -2.10. The van der Waals surface area contributed by atoms with Gasteiger partial charge in [0.15, 0.2) is 0 Å². The Morgan fingerprint density at radius 1 is 0.909 bits per heavy atom. The Labute approximate surface area is 127 Å². The van der Waals surface area contributed by atoms with E-state index in [0.29, 0.717) is 17.3 Å². The molecule has 0 aromatic carbocycles. The van der Waals surface area contributed by atoms with Gasteiger partial charge in [-0.05, 0) is 26.0 Å². The number of nitrogens with zero attached hydrogens (tertiary/aromatic N) is 6. The van der Waals surface area contributed by atoms with Gasteiger partial charge in [-0.3, -0.25) is 9.97 Å². The van der Waals surface area contributed by atoms with Gasteiger partial charge in [0.2, 0.25) is 11.6 Å². The Morgan fingerprint density at radius 3 is 2.18 bits per heavy atom. The summed E-state index contributed by atoms with van der Waals surface area (Å²) < 4.78 is 5.39. The standard InChI is InChI=1S/C15H14N6O/c1-9-8-17-12(10(2)13(9)22-3)15-20-18-14(19-21-15)11-4-6-16-7-5-11/h4-8H,1-3H3. The van der Waals surface area contributed by atoms with Crippen LogP contribution in [0.3, 0.4) is 0 Å². The third kappa shape index (κ3) is 2.48. The Bertz CT molecular complexity index is 789. The van der Waals surface area contributed by atoms with Crippen LogP contribution in [0.4, 0.5) is 0 Å². The van der Waals surface area contributed by atoms with E-state index in [-0.39, 0.29) is 0 Å². The van der Waals surface area contributed by atoms with Crippen molar-refractivity contribution in [1.29, 1.82) is 0 Å². The Balaban J connectivity index is 2.01. The lowest BCUT2D eigenvalue weighted by atomic mass is 10.1. The second-order valence-electron chi connectivity index (χ2n) is 4.73. The molecule has 7 heteroatoms. The zero-order valence-corrected chi connectivity index (χ0v) is 12.5. The summed E-state index contributed by atoms with van der Waals surface area (Å²) >= 11 is 0. The van der Waals surface area contributed by atoms with Crippen molar-refractivity contribution < 1.29 is 4.74 Å². The van der Waals surface area contributed by atoms with Gasteiger partial charge >= 0.3 is 0 Å². The van der Waals surface area contributed by atoms with E-state index in [1.807, 2.05) is 13.8 Å². The Morgan fingerprint density at radius 2 is 1.55 bits per heavy atom. The summed E-state index contributed by atoms with van der Waals surface area (Å²) in [6.45, 7) is 3.85. The molecule has 0 saturated carbocycles. The number of methoxy groups -OCH3 is 1. The van der Waals surface area contributed by atoms with E-state index in [9.17, 15) is 0 Å². The number of aryl methyl sites for hydroxylation is 1. The molecule has 22 heavy (non-hydrogen) atoms. The lowest BCUT2D eigenvalue weighted by molar-refractivity contribution is 0.408. The fourth-order valence-electron chi connectivity index (χ4n) is 2.20. The molecule has 0 aliphatic carbocycles. The molecule has 0 bridgehead atoms. The van der Waals surface area contributed by atoms with Gasteiger partial charge in [-0.1, -0.05) is 0 Å². The molecule has 0 amide bonds. The van der Waals surface area contributed by atoms with Crippen LogP contribution in [0.15, 0.2) is 30.7 Å². The van der Waals surface area contributed by atoms with Crippen LogP contribution in [0.25, 0.3) is 22.9 Å². The average Bonchev–Trinajstić information content (AvgIpc) is 2.56. The molecule has 0 radical (unpaired) electrons. The quantitative estimate of drug-likeness (QED) is 0.730. The van der Waals surface area contributed by atoms with Gasteiger partial charge < -0.3 is 4.74 Å². The minimum atomic E-state index is 0.369. The van der Waals surface area contributed by atoms with Crippen LogP contribution in [0.1, 0.15) is 11.1 Å². The second-order valence-corrected chi connectivity index (χ2v) is 4.73. The van der Waals surface area contributed by atoms with E-state index in [1.54, 1.807) is 37.8 Å². The first-order valence-corrected chi connectivity index (χ1v) is 6.69. The van der Waals surface area contributed by atoms with Crippen LogP contribution in [0, 0.1) is 13.8 Å². The fraction of sp³-hybridized carbons (Fsp3) is 0.200. The summed E-state index contributed by atoms with van der Waals surface area (Å²) in [5.74, 6) is 1.59. The number of aromatic nitrogens is 6. The molecular weight excluding hydrogens is 280 g/mol. The summed E-state index contributed by atoms with van der Waals surface area (Å²) in [4.78, 5) is 8.32. The zero-order chi connectivity index (χ0) is 15.5. The minimum absolute atomic E-state index is 0.369. The summed E-state index contributed by atoms with van der Waals surface area (Å²) in [5, 5.41) is 16.5. The van der Waals surface area contributed by atoms with Crippen molar-refractivity contribution >= 4 is 0 Å². The number of hydrogen-bond acceptors (Lipinski definition) is 7. The molecule has 0 aliphatic heterocycles. The van der Waals surface area contributed by atoms with Gasteiger partial charge in [0.1, 0.15) is 11.4 Å². The van der Waals surface area contributed by atoms with E-state index >= 15 is 0 Å². The van der Waals surface area contributed by atoms with Crippen LogP contribution >= 0.6 is 0 Å². The maximum atomic E-state index is 5.39. The summed E-state index contributed by atoms with van der Waals surface area (Å²) in [6, 6.07) is 3.60. The second kappa shape index (κ2) is 5.80. The van der Waals surface area contributed by atoms with Gasteiger partial charge in [0, 0.05) is 35.3 Å². The summed E-state index contributed by atoms with van der Waals surface area (Å²) in [5.41, 5.74) is 3.25. The van der Waals surface area contributed by atoms with E-state index in [0.717, 1.165) is 22.4 Å². The molecule has 0 aliphatic rings. The molecule has 0 saturated heterocycles. The highest BCUT2D eigenvalue weighted by Crippen LogP contribution is 2.28. The van der Waals surface area contributed by atoms with E-state index in [4.69, 9.17) is 4.74 Å². The molecule has 3 aromatic heterocycles. The molecule has 3 heterocycles. The van der Waals surface area contributed by atoms with Gasteiger partial charge in [-0.25, -0.2) is 0 Å². The third-order valence-electron chi connectivity index (χ3n) is 3.27. The molecule has 7 nitrogen and oxygen atoms in total. The number of ether oxygens (including phenoxy) is 1. The number of rotatable bonds is 3. The largest absolute Gasteiger partial charge is 0.496 e. The van der Waals surface area contributed by atoms with Crippen molar-refractivity contribution in [1.82, 2.24) is 30.4 Å². The Kier molecular flexibility index (Phi) is 3.69. The molecule has 110 valence electrons. The zero-order valence-electron chi connectivity index (χ0n) is 12.5. The highest BCUT2D eigenvalue weighted by molar-refractivity contribution is 5.60. The molecule has 3 rings (SSSR count). The monoisotopic (exact) mass is 294 g/mol. The van der Waals surface area contributed by atoms with Crippen molar-refractivity contribution in [3.8, 4) is 28.7 Å². The van der Waals surface area contributed by atoms with Crippen LogP contribution in [-0.4, -0.2) is 37.5 Å². The molecule has 0 fully saturated rings. The third-order valence-corrected chi connectivity index (χ3v) is 3.27. The molecule has 3 aromatic rings. The first kappa shape index (κ1) is 14.0. The maximum Gasteiger partial charge on any atom is 0.222 e. The van der Waals surface area contributed by atoms with Crippen LogP contribution in [0.2, 0.25) is 0 Å². The van der Waals surface area contributed by atoms with Crippen molar-refractivity contribution in [2.24, 2.45) is 0 Å². The van der Waals surface area contributed by atoms with Crippen LogP contribution < -0.4 is 4.74 Å². The van der Waals surface area contributed by atoms with Gasteiger partial charge in [-0.2, -0.15) is 0 Å². The average molecular weight is 294 g/mol. The van der Waals surface area contributed by atoms with Gasteiger partial charge in [0.05, 0.1) is 7.11 Å². The van der Waals surface area contributed by atoms with Crippen molar-refractivity contribution in [2.75, 3.05) is 7.11 Å². The van der Waals surface area contributed by atoms with Crippen molar-refractivity contribution in [2.45, 2.75) is 13.8 Å². The molecule has 0 unspecified atom stereocenters.